The molecule has 0 aliphatic heterocycles. The Morgan fingerprint density at radius 2 is 1.88 bits per heavy atom. The molecule has 0 amide bonds. The van der Waals surface area contributed by atoms with Crippen LogP contribution < -0.4 is 5.32 Å². The monoisotopic (exact) mass is 388 g/mol. The second-order valence-electron chi connectivity index (χ2n) is 5.25. The Morgan fingerprint density at radius 3 is 2.52 bits per heavy atom. The maximum absolute atomic E-state index is 12.7. The molecule has 0 radical (unpaired) electrons. The van der Waals surface area contributed by atoms with Gasteiger partial charge in [0.05, 0.1) is 10.3 Å². The average molecular weight is 389 g/mol. The van der Waals surface area contributed by atoms with Gasteiger partial charge in [-0.05, 0) is 36.7 Å². The van der Waals surface area contributed by atoms with E-state index in [2.05, 4.69) is 15.3 Å². The quantitative estimate of drug-likeness (QED) is 0.688. The standard InChI is InChI=1S/C15H12ClF3N4OS/c1-9-2-4-10(5-3-9)25(24)23-7-6-11-12(20-8-15(17,18)19)21-14(16)22-13(11)23/h2-7H,8H2,1H3,(H,20,21,22). The van der Waals surface area contributed by atoms with Crippen molar-refractivity contribution >= 4 is 39.4 Å². The van der Waals surface area contributed by atoms with Crippen LogP contribution in [0.2, 0.25) is 5.28 Å². The van der Waals surface area contributed by atoms with Gasteiger partial charge in [0.1, 0.15) is 12.4 Å². The van der Waals surface area contributed by atoms with E-state index in [1.54, 1.807) is 12.1 Å². The van der Waals surface area contributed by atoms with Crippen LogP contribution in [-0.2, 0) is 11.0 Å². The minimum absolute atomic E-state index is 0.0630. The number of halogens is 4. The number of alkyl halides is 3. The van der Waals surface area contributed by atoms with Gasteiger partial charge in [-0.1, -0.05) is 17.7 Å². The van der Waals surface area contributed by atoms with E-state index < -0.39 is 23.7 Å². The molecule has 1 atom stereocenters. The summed E-state index contributed by atoms with van der Waals surface area (Å²) < 4.78 is 51.4. The summed E-state index contributed by atoms with van der Waals surface area (Å²) in [5.74, 6) is -0.0630. The van der Waals surface area contributed by atoms with Crippen molar-refractivity contribution in [2.45, 2.75) is 18.0 Å². The molecule has 0 fully saturated rings. The van der Waals surface area contributed by atoms with Crippen LogP contribution in [-0.4, -0.2) is 30.9 Å². The fourth-order valence-electron chi connectivity index (χ4n) is 2.19. The number of hydrogen-bond donors (Lipinski definition) is 1. The zero-order valence-corrected chi connectivity index (χ0v) is 14.4. The van der Waals surface area contributed by atoms with E-state index in [0.29, 0.717) is 10.3 Å². The molecule has 0 bridgehead atoms. The lowest BCUT2D eigenvalue weighted by molar-refractivity contribution is -0.115. The maximum Gasteiger partial charge on any atom is 0.405 e. The van der Waals surface area contributed by atoms with Gasteiger partial charge in [0.2, 0.25) is 5.28 Å². The number of benzene rings is 1. The normalized spacial score (nSPS) is 13.2. The number of anilines is 1. The lowest BCUT2D eigenvalue weighted by Crippen LogP contribution is -2.22. The molecule has 1 aromatic carbocycles. The number of rotatable bonds is 4. The summed E-state index contributed by atoms with van der Waals surface area (Å²) in [5, 5.41) is 2.26. The summed E-state index contributed by atoms with van der Waals surface area (Å²) in [6, 6.07) is 8.55. The Labute approximate surface area is 148 Å². The van der Waals surface area contributed by atoms with E-state index in [-0.39, 0.29) is 16.7 Å². The number of fused-ring (bicyclic) bond motifs is 1. The van der Waals surface area contributed by atoms with Crippen molar-refractivity contribution in [2.24, 2.45) is 0 Å². The highest BCUT2D eigenvalue weighted by Crippen LogP contribution is 2.26. The van der Waals surface area contributed by atoms with Crippen LogP contribution in [0.25, 0.3) is 11.0 Å². The molecule has 3 aromatic rings. The first-order valence-electron chi connectivity index (χ1n) is 7.09. The number of nitrogens with zero attached hydrogens (tertiary/aromatic N) is 3. The molecule has 2 heterocycles. The van der Waals surface area contributed by atoms with E-state index in [1.165, 1.54) is 16.2 Å². The van der Waals surface area contributed by atoms with Crippen molar-refractivity contribution in [2.75, 3.05) is 11.9 Å². The Bertz CT molecular complexity index is 940. The van der Waals surface area contributed by atoms with Gasteiger partial charge in [-0.25, -0.2) is 13.2 Å². The lowest BCUT2D eigenvalue weighted by Gasteiger charge is -2.10. The van der Waals surface area contributed by atoms with Crippen LogP contribution in [0.4, 0.5) is 19.0 Å². The van der Waals surface area contributed by atoms with Gasteiger partial charge in [0.15, 0.2) is 16.6 Å². The Balaban J connectivity index is 2.02. The highest BCUT2D eigenvalue weighted by atomic mass is 35.5. The molecule has 5 nitrogen and oxygen atoms in total. The molecule has 0 aliphatic rings. The molecule has 1 N–H and O–H groups in total. The maximum atomic E-state index is 12.7. The van der Waals surface area contributed by atoms with E-state index >= 15 is 0 Å². The van der Waals surface area contributed by atoms with Crippen molar-refractivity contribution in [1.82, 2.24) is 13.9 Å². The molecule has 0 saturated heterocycles. The third kappa shape index (κ3) is 3.93. The van der Waals surface area contributed by atoms with Crippen molar-refractivity contribution < 1.29 is 17.4 Å². The first-order valence-corrected chi connectivity index (χ1v) is 8.57. The van der Waals surface area contributed by atoms with Gasteiger partial charge in [-0.3, -0.25) is 0 Å². The largest absolute Gasteiger partial charge is 0.405 e. The van der Waals surface area contributed by atoms with Crippen LogP contribution in [0.1, 0.15) is 5.56 Å². The van der Waals surface area contributed by atoms with Crippen LogP contribution in [0.5, 0.6) is 0 Å². The molecule has 1 unspecified atom stereocenters. The fraction of sp³-hybridized carbons (Fsp3) is 0.200. The highest BCUT2D eigenvalue weighted by molar-refractivity contribution is 7.83. The van der Waals surface area contributed by atoms with Crippen molar-refractivity contribution in [3.8, 4) is 0 Å². The first-order chi connectivity index (χ1) is 11.7. The van der Waals surface area contributed by atoms with Gasteiger partial charge >= 0.3 is 6.18 Å². The average Bonchev–Trinajstić information content (AvgIpc) is 2.95. The van der Waals surface area contributed by atoms with Gasteiger partial charge < -0.3 is 5.32 Å². The molecule has 0 saturated carbocycles. The van der Waals surface area contributed by atoms with Crippen LogP contribution in [0.15, 0.2) is 41.4 Å². The highest BCUT2D eigenvalue weighted by Gasteiger charge is 2.27. The number of nitrogens with one attached hydrogen (secondary N) is 1. The smallest absolute Gasteiger partial charge is 0.360 e. The zero-order valence-electron chi connectivity index (χ0n) is 12.8. The molecule has 10 heteroatoms. The molecule has 0 spiro atoms. The molecule has 132 valence electrons. The third-order valence-corrected chi connectivity index (χ3v) is 4.84. The second-order valence-corrected chi connectivity index (χ2v) is 6.95. The summed E-state index contributed by atoms with van der Waals surface area (Å²) in [7, 11) is -1.62. The number of aryl methyl sites for hydroxylation is 1. The lowest BCUT2D eigenvalue weighted by atomic mass is 10.2. The van der Waals surface area contributed by atoms with Crippen molar-refractivity contribution in [1.29, 1.82) is 0 Å². The van der Waals surface area contributed by atoms with Crippen LogP contribution in [0, 0.1) is 6.92 Å². The molecular weight excluding hydrogens is 377 g/mol. The SMILES string of the molecule is Cc1ccc(S(=O)n2ccc3c(NCC(F)(F)F)nc(Cl)nc32)cc1. The van der Waals surface area contributed by atoms with E-state index in [0.717, 1.165) is 5.56 Å². The molecule has 3 rings (SSSR count). The predicted octanol–water partition coefficient (Wildman–Crippen LogP) is 3.94. The number of hydrogen-bond acceptors (Lipinski definition) is 4. The fourth-order valence-corrected chi connectivity index (χ4v) is 3.41. The second kappa shape index (κ2) is 6.64. The van der Waals surface area contributed by atoms with E-state index in [1.807, 2.05) is 19.1 Å². The predicted molar refractivity (Wildman–Crippen MR) is 90.1 cm³/mol. The minimum Gasteiger partial charge on any atom is -0.360 e. The topological polar surface area (TPSA) is 59.8 Å². The van der Waals surface area contributed by atoms with Gasteiger partial charge in [0, 0.05) is 6.20 Å². The van der Waals surface area contributed by atoms with E-state index in [9.17, 15) is 17.4 Å². The van der Waals surface area contributed by atoms with Crippen LogP contribution in [0.3, 0.4) is 0 Å². The van der Waals surface area contributed by atoms with Gasteiger partial charge in [-0.15, -0.1) is 0 Å². The van der Waals surface area contributed by atoms with Gasteiger partial charge in [-0.2, -0.15) is 18.2 Å². The van der Waals surface area contributed by atoms with Crippen LogP contribution >= 0.6 is 11.6 Å². The number of aromatic nitrogens is 3. The first kappa shape index (κ1) is 17.7. The minimum atomic E-state index is -4.41. The summed E-state index contributed by atoms with van der Waals surface area (Å²) in [4.78, 5) is 8.33. The Kier molecular flexibility index (Phi) is 4.70. The van der Waals surface area contributed by atoms with Crippen molar-refractivity contribution in [3.05, 3.63) is 47.4 Å². The molecular formula is C15H12ClF3N4OS. The summed E-state index contributed by atoms with van der Waals surface area (Å²) in [5.41, 5.74) is 1.20. The zero-order chi connectivity index (χ0) is 18.2. The molecule has 2 aromatic heterocycles. The Hall–Kier alpha value is -2.13. The van der Waals surface area contributed by atoms with Gasteiger partial charge in [0.25, 0.3) is 0 Å². The van der Waals surface area contributed by atoms with E-state index in [4.69, 9.17) is 11.6 Å². The third-order valence-electron chi connectivity index (χ3n) is 3.34. The summed E-state index contributed by atoms with van der Waals surface area (Å²) in [6.07, 6.45) is -2.93. The molecule has 25 heavy (non-hydrogen) atoms. The summed E-state index contributed by atoms with van der Waals surface area (Å²) >= 11 is 5.82. The summed E-state index contributed by atoms with van der Waals surface area (Å²) in [6.45, 7) is 0.644. The van der Waals surface area contributed by atoms with Crippen molar-refractivity contribution in [3.63, 3.8) is 0 Å². The Morgan fingerprint density at radius 1 is 1.20 bits per heavy atom. The molecule has 0 aliphatic carbocycles.